The van der Waals surface area contributed by atoms with Gasteiger partial charge >= 0.3 is 30.0 Å². The minimum Gasteiger partial charge on any atom is -0.481 e. The highest BCUT2D eigenvalue weighted by Crippen LogP contribution is 2.37. The second-order valence-electron chi connectivity index (χ2n) is 8.62. The molecule has 1 fully saturated rings. The molecule has 3 aromatic rings. The van der Waals surface area contributed by atoms with Crippen molar-refractivity contribution in [2.75, 3.05) is 10.6 Å². The maximum atomic E-state index is 12.8. The third-order valence-corrected chi connectivity index (χ3v) is 6.42. The number of alkyl halides is 3. The Hall–Kier alpha value is -3.60. The molecule has 0 radical (unpaired) electrons. The number of carboxylic acids is 1. The van der Waals surface area contributed by atoms with Crippen molar-refractivity contribution >= 4 is 40.9 Å². The summed E-state index contributed by atoms with van der Waals surface area (Å²) in [6.07, 6.45) is -0.727. The summed E-state index contributed by atoms with van der Waals surface area (Å²) in [5.74, 6) is -1.19. The molecule has 1 saturated carbocycles. The number of hydrogen-bond acceptors (Lipinski definition) is 6. The molecule has 0 unspecified atom stereocenters. The summed E-state index contributed by atoms with van der Waals surface area (Å²) >= 11 is 5.90. The maximum absolute atomic E-state index is 12.8. The maximum Gasteiger partial charge on any atom is 0.416 e. The largest absolute Gasteiger partial charge is 0.481 e. The minimum atomic E-state index is -4.53. The topological polar surface area (TPSA) is 117 Å². The van der Waals surface area contributed by atoms with Crippen molar-refractivity contribution in [3.63, 3.8) is 0 Å². The zero-order valence-corrected chi connectivity index (χ0v) is 19.6. The van der Waals surface area contributed by atoms with Gasteiger partial charge in [-0.25, -0.2) is 0 Å². The van der Waals surface area contributed by atoms with Gasteiger partial charge in [-0.2, -0.15) is 13.2 Å². The summed E-state index contributed by atoms with van der Waals surface area (Å²) in [6.45, 7) is 0. The average molecular weight is 523 g/mol. The number of amides is 1. The molecule has 8 nitrogen and oxygen atoms in total. The van der Waals surface area contributed by atoms with E-state index in [9.17, 15) is 22.8 Å². The van der Waals surface area contributed by atoms with Gasteiger partial charge in [0.15, 0.2) is 0 Å². The lowest BCUT2D eigenvalue weighted by Gasteiger charge is -2.28. The molecule has 0 aliphatic heterocycles. The number of aliphatic carboxylic acids is 1. The highest BCUT2D eigenvalue weighted by atomic mass is 35.5. The monoisotopic (exact) mass is 522 g/mol. The third-order valence-electron chi connectivity index (χ3n) is 6.11. The Morgan fingerprint density at radius 3 is 2.36 bits per heavy atom. The first-order valence-electron chi connectivity index (χ1n) is 11.2. The van der Waals surface area contributed by atoms with E-state index >= 15 is 0 Å². The van der Waals surface area contributed by atoms with Crippen LogP contribution in [0, 0.1) is 5.92 Å². The highest BCUT2D eigenvalue weighted by Gasteiger charge is 2.31. The number of carbonyl (C=O) groups is 2. The van der Waals surface area contributed by atoms with E-state index in [0.29, 0.717) is 11.6 Å². The fourth-order valence-corrected chi connectivity index (χ4v) is 4.47. The van der Waals surface area contributed by atoms with Crippen LogP contribution in [0.1, 0.15) is 59.8 Å². The summed E-state index contributed by atoms with van der Waals surface area (Å²) in [7, 11) is 0. The van der Waals surface area contributed by atoms with Gasteiger partial charge in [0.05, 0.1) is 16.3 Å². The first-order chi connectivity index (χ1) is 17.1. The van der Waals surface area contributed by atoms with E-state index in [4.69, 9.17) is 21.1 Å². The van der Waals surface area contributed by atoms with Crippen molar-refractivity contribution in [2.24, 2.45) is 5.92 Å². The number of hydrogen-bond donors (Lipinski definition) is 3. The van der Waals surface area contributed by atoms with Gasteiger partial charge in [-0.05, 0) is 73.4 Å². The standard InChI is InChI=1S/C24H22ClF3N4O4/c25-18-12-16(24(26,27)28)7-10-19(18)30-23-32-31-22(36-23)21(35)29-17-8-5-15(6-9-17)14-3-1-13(2-4-14)11-20(33)34/h5-10,12-14H,1-4,11H2,(H,29,35)(H,30,32)(H,33,34). The van der Waals surface area contributed by atoms with Gasteiger partial charge < -0.3 is 20.2 Å². The number of rotatable bonds is 7. The molecule has 2 aromatic carbocycles. The van der Waals surface area contributed by atoms with Crippen LogP contribution < -0.4 is 10.6 Å². The van der Waals surface area contributed by atoms with E-state index in [1.807, 2.05) is 12.1 Å². The molecule has 0 saturated heterocycles. The summed E-state index contributed by atoms with van der Waals surface area (Å²) in [5.41, 5.74) is 0.842. The van der Waals surface area contributed by atoms with Crippen molar-refractivity contribution < 1.29 is 32.3 Å². The summed E-state index contributed by atoms with van der Waals surface area (Å²) in [6, 6.07) is 9.88. The van der Waals surface area contributed by atoms with Crippen molar-refractivity contribution in [3.05, 3.63) is 64.5 Å². The molecular formula is C24H22ClF3N4O4. The molecule has 12 heteroatoms. The summed E-state index contributed by atoms with van der Waals surface area (Å²) in [4.78, 5) is 23.4. The van der Waals surface area contributed by atoms with Crippen molar-refractivity contribution in [1.82, 2.24) is 10.2 Å². The molecule has 1 aliphatic carbocycles. The van der Waals surface area contributed by atoms with Crippen molar-refractivity contribution in [2.45, 2.75) is 44.2 Å². The molecule has 0 spiro atoms. The van der Waals surface area contributed by atoms with Gasteiger partial charge in [0, 0.05) is 12.1 Å². The molecular weight excluding hydrogens is 501 g/mol. The zero-order valence-electron chi connectivity index (χ0n) is 18.8. The third kappa shape index (κ3) is 6.34. The van der Waals surface area contributed by atoms with Crippen molar-refractivity contribution in [1.29, 1.82) is 0 Å². The molecule has 3 N–H and O–H groups in total. The predicted octanol–water partition coefficient (Wildman–Crippen LogP) is 6.49. The van der Waals surface area contributed by atoms with Crippen LogP contribution in [0.2, 0.25) is 5.02 Å². The molecule has 1 aliphatic rings. The molecule has 1 heterocycles. The number of benzene rings is 2. The van der Waals surface area contributed by atoms with Crippen LogP contribution >= 0.6 is 11.6 Å². The highest BCUT2D eigenvalue weighted by molar-refractivity contribution is 6.33. The van der Waals surface area contributed by atoms with Crippen LogP contribution in [-0.2, 0) is 11.0 Å². The number of aromatic nitrogens is 2. The molecule has 190 valence electrons. The predicted molar refractivity (Wildman–Crippen MR) is 125 cm³/mol. The lowest BCUT2D eigenvalue weighted by molar-refractivity contribution is -0.139. The quantitative estimate of drug-likeness (QED) is 0.325. The van der Waals surface area contributed by atoms with Crippen LogP contribution in [0.3, 0.4) is 0 Å². The van der Waals surface area contributed by atoms with Gasteiger partial charge in [-0.15, -0.1) is 5.10 Å². The van der Waals surface area contributed by atoms with E-state index in [1.165, 1.54) is 0 Å². The van der Waals surface area contributed by atoms with Crippen LogP contribution in [0.15, 0.2) is 46.9 Å². The molecule has 1 aromatic heterocycles. The fraction of sp³-hybridized carbons (Fsp3) is 0.333. The number of halogens is 4. The summed E-state index contributed by atoms with van der Waals surface area (Å²) in [5, 5.41) is 21.3. The van der Waals surface area contributed by atoms with Gasteiger partial charge in [0.2, 0.25) is 0 Å². The van der Waals surface area contributed by atoms with Crippen molar-refractivity contribution in [3.8, 4) is 0 Å². The van der Waals surface area contributed by atoms with Gasteiger partial charge in [0.1, 0.15) is 0 Å². The number of nitrogens with one attached hydrogen (secondary N) is 2. The Morgan fingerprint density at radius 1 is 1.06 bits per heavy atom. The van der Waals surface area contributed by atoms with Crippen LogP contribution in [-0.4, -0.2) is 27.2 Å². The van der Waals surface area contributed by atoms with Gasteiger partial charge in [0.25, 0.3) is 0 Å². The SMILES string of the molecule is O=C(O)CC1CCC(c2ccc(NC(=O)c3nnc(Nc4ccc(C(F)(F)F)cc4Cl)o3)cc2)CC1. The second kappa shape index (κ2) is 10.6. The van der Waals surface area contributed by atoms with Crippen LogP contribution in [0.5, 0.6) is 0 Å². The van der Waals surface area contributed by atoms with Gasteiger partial charge in [-0.3, -0.25) is 9.59 Å². The first-order valence-corrected chi connectivity index (χ1v) is 11.6. The van der Waals surface area contributed by atoms with E-state index < -0.39 is 23.6 Å². The van der Waals surface area contributed by atoms with Crippen LogP contribution in [0.4, 0.5) is 30.6 Å². The molecule has 4 rings (SSSR count). The Labute approximate surface area is 208 Å². The normalized spacial score (nSPS) is 18.0. The first kappa shape index (κ1) is 25.5. The number of carboxylic acid groups (broad SMARTS) is 1. The summed E-state index contributed by atoms with van der Waals surface area (Å²) < 4.78 is 43.6. The number of carbonyl (C=O) groups excluding carboxylic acids is 1. The Balaban J connectivity index is 1.33. The Morgan fingerprint density at radius 2 is 1.75 bits per heavy atom. The molecule has 0 bridgehead atoms. The van der Waals surface area contributed by atoms with E-state index in [-0.39, 0.29) is 35.0 Å². The average Bonchev–Trinajstić information content (AvgIpc) is 3.29. The van der Waals surface area contributed by atoms with E-state index in [1.54, 1.807) is 12.1 Å². The van der Waals surface area contributed by atoms with E-state index in [2.05, 4.69) is 20.8 Å². The number of anilines is 3. The molecule has 1 amide bonds. The van der Waals surface area contributed by atoms with Gasteiger partial charge in [-0.1, -0.05) is 28.8 Å². The van der Waals surface area contributed by atoms with E-state index in [0.717, 1.165) is 49.4 Å². The second-order valence-corrected chi connectivity index (χ2v) is 9.03. The number of nitrogens with zero attached hydrogens (tertiary/aromatic N) is 2. The molecule has 0 atom stereocenters. The smallest absolute Gasteiger partial charge is 0.416 e. The van der Waals surface area contributed by atoms with Crippen LogP contribution in [0.25, 0.3) is 0 Å². The molecule has 36 heavy (non-hydrogen) atoms. The minimum absolute atomic E-state index is 0.104. The Kier molecular flexibility index (Phi) is 7.48. The lowest BCUT2D eigenvalue weighted by atomic mass is 9.77. The zero-order chi connectivity index (χ0) is 25.9. The lowest BCUT2D eigenvalue weighted by Crippen LogP contribution is -2.16. The Bertz CT molecular complexity index is 1240. The fourth-order valence-electron chi connectivity index (χ4n) is 4.24.